The Morgan fingerprint density at radius 3 is 2.41 bits per heavy atom. The van der Waals surface area contributed by atoms with Gasteiger partial charge in [0, 0.05) is 17.4 Å². The second-order valence-corrected chi connectivity index (χ2v) is 7.80. The molecule has 1 unspecified atom stereocenters. The second kappa shape index (κ2) is 8.74. The van der Waals surface area contributed by atoms with E-state index in [2.05, 4.69) is 20.8 Å². The van der Waals surface area contributed by atoms with Gasteiger partial charge in [-0.2, -0.15) is 0 Å². The van der Waals surface area contributed by atoms with Crippen LogP contribution in [0.5, 0.6) is 0 Å². The van der Waals surface area contributed by atoms with E-state index in [0.717, 1.165) is 30.5 Å². The minimum Gasteiger partial charge on any atom is -0.481 e. The number of rotatable bonds is 7. The molecular formula is C22H20F2N4O4. The minimum atomic E-state index is -1.04. The van der Waals surface area contributed by atoms with Gasteiger partial charge in [0.1, 0.15) is 0 Å². The number of carbonyl (C=O) groups excluding carboxylic acids is 1. The number of aromatic nitrogens is 2. The molecule has 1 atom stereocenters. The zero-order chi connectivity index (χ0) is 22.8. The molecule has 1 aliphatic rings. The lowest BCUT2D eigenvalue weighted by molar-refractivity contribution is -0.144. The molecule has 1 aromatic heterocycles. The smallest absolute Gasteiger partial charge is 0.320 e. The predicted molar refractivity (Wildman–Crippen MR) is 111 cm³/mol. The summed E-state index contributed by atoms with van der Waals surface area (Å²) in [7, 11) is 0. The van der Waals surface area contributed by atoms with Gasteiger partial charge in [0.25, 0.3) is 0 Å². The van der Waals surface area contributed by atoms with Gasteiger partial charge >= 0.3 is 23.8 Å². The highest BCUT2D eigenvalue weighted by atomic mass is 19.2. The summed E-state index contributed by atoms with van der Waals surface area (Å²) in [5.74, 6) is -3.57. The van der Waals surface area contributed by atoms with Crippen molar-refractivity contribution in [3.05, 3.63) is 65.6 Å². The van der Waals surface area contributed by atoms with E-state index in [9.17, 15) is 18.4 Å². The molecule has 1 fully saturated rings. The van der Waals surface area contributed by atoms with Gasteiger partial charge in [0.2, 0.25) is 0 Å². The average Bonchev–Trinajstić information content (AvgIpc) is 3.19. The van der Waals surface area contributed by atoms with Crippen LogP contribution >= 0.6 is 0 Å². The second-order valence-electron chi connectivity index (χ2n) is 7.80. The number of carboxylic acids is 1. The topological polar surface area (TPSA) is 117 Å². The molecule has 3 aromatic rings. The molecule has 10 heteroatoms. The van der Waals surface area contributed by atoms with E-state index in [1.165, 1.54) is 6.07 Å². The van der Waals surface area contributed by atoms with Gasteiger partial charge in [0.15, 0.2) is 11.6 Å². The lowest BCUT2D eigenvalue weighted by Gasteiger charge is -2.38. The van der Waals surface area contributed by atoms with E-state index in [1.54, 1.807) is 19.1 Å². The standard InChI is InChI=1S/C22H20F2N4O4/c1-11(21(30)31)13-8-14(9-13)12-2-4-15(5-3-12)25-19(29)20-27-28-22(32-20)26-16-6-7-17(23)18(24)10-16/h2-7,10-11,13-14H,8-9H2,1H3,(H,25,29)(H,26,28)(H,30,31). The van der Waals surface area contributed by atoms with Crippen LogP contribution in [0.25, 0.3) is 0 Å². The van der Waals surface area contributed by atoms with E-state index < -0.39 is 23.5 Å². The van der Waals surface area contributed by atoms with Gasteiger partial charge in [-0.25, -0.2) is 8.78 Å². The summed E-state index contributed by atoms with van der Waals surface area (Å²) in [5, 5.41) is 21.7. The van der Waals surface area contributed by atoms with Crippen LogP contribution in [0.2, 0.25) is 0 Å². The predicted octanol–water partition coefficient (Wildman–Crippen LogP) is 4.56. The molecule has 3 N–H and O–H groups in total. The lowest BCUT2D eigenvalue weighted by atomic mass is 9.66. The molecule has 0 aliphatic heterocycles. The van der Waals surface area contributed by atoms with Gasteiger partial charge in [-0.05, 0) is 54.5 Å². The van der Waals surface area contributed by atoms with Gasteiger partial charge < -0.3 is 20.2 Å². The molecule has 1 amide bonds. The number of hydrogen-bond donors (Lipinski definition) is 3. The number of nitrogens with one attached hydrogen (secondary N) is 2. The average molecular weight is 442 g/mol. The van der Waals surface area contributed by atoms with E-state index in [0.29, 0.717) is 11.6 Å². The van der Waals surface area contributed by atoms with Crippen molar-refractivity contribution >= 4 is 29.3 Å². The van der Waals surface area contributed by atoms with Crippen molar-refractivity contribution in [3.63, 3.8) is 0 Å². The Morgan fingerprint density at radius 1 is 1.06 bits per heavy atom. The van der Waals surface area contributed by atoms with Crippen molar-refractivity contribution in [2.75, 3.05) is 10.6 Å². The normalized spacial score (nSPS) is 18.5. The van der Waals surface area contributed by atoms with E-state index in [4.69, 9.17) is 9.52 Å². The maximum absolute atomic E-state index is 13.3. The van der Waals surface area contributed by atoms with Crippen LogP contribution in [-0.2, 0) is 4.79 Å². The number of aliphatic carboxylic acids is 1. The third-order valence-corrected chi connectivity index (χ3v) is 5.70. The fourth-order valence-electron chi connectivity index (χ4n) is 3.63. The molecule has 0 radical (unpaired) electrons. The highest BCUT2D eigenvalue weighted by Crippen LogP contribution is 2.45. The van der Waals surface area contributed by atoms with E-state index in [1.807, 2.05) is 12.1 Å². The molecule has 4 rings (SSSR count). The molecule has 0 bridgehead atoms. The number of benzene rings is 2. The van der Waals surface area contributed by atoms with Crippen LogP contribution in [0.1, 0.15) is 41.9 Å². The number of anilines is 3. The number of amides is 1. The first-order chi connectivity index (χ1) is 15.3. The first-order valence-corrected chi connectivity index (χ1v) is 10.00. The Kier molecular flexibility index (Phi) is 5.85. The molecule has 2 aromatic carbocycles. The minimum absolute atomic E-state index is 0.147. The number of hydrogen-bond acceptors (Lipinski definition) is 6. The first-order valence-electron chi connectivity index (χ1n) is 10.00. The number of nitrogens with zero attached hydrogens (tertiary/aromatic N) is 2. The fourth-order valence-corrected chi connectivity index (χ4v) is 3.63. The van der Waals surface area contributed by atoms with E-state index in [-0.39, 0.29) is 29.4 Å². The summed E-state index contributed by atoms with van der Waals surface area (Å²) < 4.78 is 31.5. The molecule has 0 saturated heterocycles. The van der Waals surface area contributed by atoms with Crippen molar-refractivity contribution < 1.29 is 27.9 Å². The molecule has 1 aliphatic carbocycles. The monoisotopic (exact) mass is 442 g/mol. The van der Waals surface area contributed by atoms with Gasteiger partial charge in [-0.1, -0.05) is 24.2 Å². The molecular weight excluding hydrogens is 422 g/mol. The maximum Gasteiger partial charge on any atom is 0.320 e. The number of halogens is 2. The molecule has 166 valence electrons. The van der Waals surface area contributed by atoms with Crippen LogP contribution < -0.4 is 10.6 Å². The van der Waals surface area contributed by atoms with Crippen LogP contribution in [0.4, 0.5) is 26.2 Å². The molecule has 0 spiro atoms. The van der Waals surface area contributed by atoms with Crippen molar-refractivity contribution in [1.29, 1.82) is 0 Å². The van der Waals surface area contributed by atoms with Crippen molar-refractivity contribution in [3.8, 4) is 0 Å². The highest BCUT2D eigenvalue weighted by molar-refractivity contribution is 6.00. The third kappa shape index (κ3) is 4.58. The van der Waals surface area contributed by atoms with Gasteiger partial charge in [-0.3, -0.25) is 9.59 Å². The Bertz CT molecular complexity index is 1140. The molecule has 1 saturated carbocycles. The third-order valence-electron chi connectivity index (χ3n) is 5.70. The highest BCUT2D eigenvalue weighted by Gasteiger charge is 2.36. The van der Waals surface area contributed by atoms with Crippen LogP contribution in [-0.4, -0.2) is 27.2 Å². The van der Waals surface area contributed by atoms with Gasteiger partial charge in [-0.15, -0.1) is 5.10 Å². The zero-order valence-electron chi connectivity index (χ0n) is 17.0. The molecule has 1 heterocycles. The lowest BCUT2D eigenvalue weighted by Crippen LogP contribution is -2.31. The van der Waals surface area contributed by atoms with Crippen molar-refractivity contribution in [2.45, 2.75) is 25.7 Å². The van der Waals surface area contributed by atoms with E-state index >= 15 is 0 Å². The Balaban J connectivity index is 1.32. The Morgan fingerprint density at radius 2 is 1.75 bits per heavy atom. The van der Waals surface area contributed by atoms with Crippen LogP contribution in [0.15, 0.2) is 46.9 Å². The number of carboxylic acid groups (broad SMARTS) is 1. The summed E-state index contributed by atoms with van der Waals surface area (Å²) >= 11 is 0. The SMILES string of the molecule is CC(C(=O)O)C1CC(c2ccc(NC(=O)c3nnc(Nc4ccc(F)c(F)c4)o3)cc2)C1. The van der Waals surface area contributed by atoms with Crippen molar-refractivity contribution in [2.24, 2.45) is 11.8 Å². The fraction of sp³-hybridized carbons (Fsp3) is 0.273. The molecule has 32 heavy (non-hydrogen) atoms. The quantitative estimate of drug-likeness (QED) is 0.491. The van der Waals surface area contributed by atoms with Gasteiger partial charge in [0.05, 0.1) is 5.92 Å². The van der Waals surface area contributed by atoms with Crippen LogP contribution in [0.3, 0.4) is 0 Å². The largest absolute Gasteiger partial charge is 0.481 e. The van der Waals surface area contributed by atoms with Crippen LogP contribution in [0, 0.1) is 23.5 Å². The first kappa shape index (κ1) is 21.4. The Labute approximate surface area is 181 Å². The Hall–Kier alpha value is -3.82. The summed E-state index contributed by atoms with van der Waals surface area (Å²) in [5.41, 5.74) is 1.81. The number of carbonyl (C=O) groups is 2. The summed E-state index contributed by atoms with van der Waals surface area (Å²) in [6.45, 7) is 1.73. The summed E-state index contributed by atoms with van der Waals surface area (Å²) in [6.07, 6.45) is 1.66. The summed E-state index contributed by atoms with van der Waals surface area (Å²) in [4.78, 5) is 23.4. The summed E-state index contributed by atoms with van der Waals surface area (Å²) in [6, 6.07) is 10.3. The maximum atomic E-state index is 13.3. The zero-order valence-corrected chi connectivity index (χ0v) is 17.0. The molecule has 8 nitrogen and oxygen atoms in total. The van der Waals surface area contributed by atoms with Crippen molar-refractivity contribution in [1.82, 2.24) is 10.2 Å².